The number of rotatable bonds is 8. The van der Waals surface area contributed by atoms with Crippen LogP contribution < -0.4 is 5.32 Å². The molecule has 0 aliphatic carbocycles. The number of carbonyl (C=O) groups is 2. The van der Waals surface area contributed by atoms with Crippen LogP contribution in [0.1, 0.15) is 24.8 Å². The molecule has 1 heterocycles. The first-order valence-electron chi connectivity index (χ1n) is 9.22. The van der Waals surface area contributed by atoms with Crippen molar-refractivity contribution in [2.75, 3.05) is 46.4 Å². The molecule has 1 saturated heterocycles. The quantitative estimate of drug-likeness (QED) is 0.572. The van der Waals surface area contributed by atoms with E-state index in [2.05, 4.69) is 39.2 Å². The van der Waals surface area contributed by atoms with Crippen molar-refractivity contribution in [3.63, 3.8) is 0 Å². The molecule has 1 aliphatic rings. The standard InChI is InChI=1S/C20H29N3O3/c1-26-19(24)11-5-6-12-21-20(25)23-16-14-22(15-17-23)13-7-10-18-8-3-2-4-9-18/h2-4,7-10H,5-6,11-17H2,1H3,(H,21,25)/b10-7+. The Kier molecular flexibility index (Phi) is 8.69. The van der Waals surface area contributed by atoms with E-state index in [0.29, 0.717) is 13.0 Å². The number of hydrogen-bond acceptors (Lipinski definition) is 4. The smallest absolute Gasteiger partial charge is 0.317 e. The second kappa shape index (κ2) is 11.3. The van der Waals surface area contributed by atoms with Gasteiger partial charge in [-0.2, -0.15) is 0 Å². The number of benzene rings is 1. The number of hydrogen-bond donors (Lipinski definition) is 1. The molecule has 142 valence electrons. The maximum Gasteiger partial charge on any atom is 0.317 e. The van der Waals surface area contributed by atoms with Crippen molar-refractivity contribution in [2.24, 2.45) is 0 Å². The SMILES string of the molecule is COC(=O)CCCCNC(=O)N1CCN(C/C=C/c2ccccc2)CC1. The molecule has 2 rings (SSSR count). The zero-order valence-electron chi connectivity index (χ0n) is 15.5. The van der Waals surface area contributed by atoms with Crippen molar-refractivity contribution in [2.45, 2.75) is 19.3 Å². The highest BCUT2D eigenvalue weighted by molar-refractivity contribution is 5.74. The van der Waals surface area contributed by atoms with E-state index in [1.54, 1.807) is 0 Å². The van der Waals surface area contributed by atoms with Gasteiger partial charge in [0.15, 0.2) is 0 Å². The Hall–Kier alpha value is -2.34. The second-order valence-electron chi connectivity index (χ2n) is 6.37. The number of esters is 1. The van der Waals surface area contributed by atoms with Crippen LogP contribution in [-0.4, -0.2) is 68.2 Å². The molecule has 1 aliphatic heterocycles. The lowest BCUT2D eigenvalue weighted by atomic mass is 10.2. The van der Waals surface area contributed by atoms with Crippen LogP contribution in [0.5, 0.6) is 0 Å². The van der Waals surface area contributed by atoms with Crippen LogP contribution in [0.25, 0.3) is 6.08 Å². The van der Waals surface area contributed by atoms with Crippen LogP contribution in [0.2, 0.25) is 0 Å². The van der Waals surface area contributed by atoms with Crippen LogP contribution in [0.4, 0.5) is 4.79 Å². The Morgan fingerprint density at radius 1 is 1.12 bits per heavy atom. The lowest BCUT2D eigenvalue weighted by Crippen LogP contribution is -2.51. The maximum absolute atomic E-state index is 12.1. The van der Waals surface area contributed by atoms with E-state index in [0.717, 1.165) is 45.6 Å². The van der Waals surface area contributed by atoms with Gasteiger partial charge in [-0.3, -0.25) is 9.69 Å². The number of nitrogens with zero attached hydrogens (tertiary/aromatic N) is 2. The molecule has 0 aromatic heterocycles. The molecule has 6 heteroatoms. The van der Waals surface area contributed by atoms with Gasteiger partial charge in [0, 0.05) is 45.7 Å². The van der Waals surface area contributed by atoms with Gasteiger partial charge in [0.25, 0.3) is 0 Å². The Morgan fingerprint density at radius 3 is 2.54 bits per heavy atom. The molecule has 1 N–H and O–H groups in total. The third-order valence-electron chi connectivity index (χ3n) is 4.44. The zero-order chi connectivity index (χ0) is 18.6. The van der Waals surface area contributed by atoms with Gasteiger partial charge in [0.1, 0.15) is 0 Å². The summed E-state index contributed by atoms with van der Waals surface area (Å²) in [5.41, 5.74) is 1.21. The molecule has 1 aromatic carbocycles. The molecular weight excluding hydrogens is 330 g/mol. The van der Waals surface area contributed by atoms with Crippen molar-refractivity contribution >= 4 is 18.1 Å². The molecule has 1 fully saturated rings. The number of nitrogens with one attached hydrogen (secondary N) is 1. The Labute approximate surface area is 155 Å². The summed E-state index contributed by atoms with van der Waals surface area (Å²) in [7, 11) is 1.39. The molecule has 0 bridgehead atoms. The Morgan fingerprint density at radius 2 is 1.85 bits per heavy atom. The Bertz CT molecular complexity index is 581. The fraction of sp³-hybridized carbons (Fsp3) is 0.500. The number of piperazine rings is 1. The largest absolute Gasteiger partial charge is 0.469 e. The van der Waals surface area contributed by atoms with Crippen LogP contribution in [-0.2, 0) is 9.53 Å². The second-order valence-corrected chi connectivity index (χ2v) is 6.37. The van der Waals surface area contributed by atoms with E-state index >= 15 is 0 Å². The van der Waals surface area contributed by atoms with E-state index < -0.39 is 0 Å². The zero-order valence-corrected chi connectivity index (χ0v) is 15.5. The first-order chi connectivity index (χ1) is 12.7. The van der Waals surface area contributed by atoms with Crippen LogP contribution >= 0.6 is 0 Å². The molecule has 6 nitrogen and oxygen atoms in total. The molecule has 2 amide bonds. The fourth-order valence-corrected chi connectivity index (χ4v) is 2.84. The number of urea groups is 1. The highest BCUT2D eigenvalue weighted by atomic mass is 16.5. The molecule has 0 radical (unpaired) electrons. The van der Waals surface area contributed by atoms with Gasteiger partial charge in [0.05, 0.1) is 7.11 Å². The van der Waals surface area contributed by atoms with Crippen LogP contribution in [0.15, 0.2) is 36.4 Å². The molecule has 0 saturated carbocycles. The van der Waals surface area contributed by atoms with Crippen molar-refractivity contribution in [3.8, 4) is 0 Å². The lowest BCUT2D eigenvalue weighted by molar-refractivity contribution is -0.140. The number of unbranched alkanes of at least 4 members (excludes halogenated alkanes) is 1. The van der Waals surface area contributed by atoms with Gasteiger partial charge in [-0.15, -0.1) is 0 Å². The summed E-state index contributed by atoms with van der Waals surface area (Å²) in [5.74, 6) is -0.200. The summed E-state index contributed by atoms with van der Waals surface area (Å²) in [6, 6.07) is 10.2. The van der Waals surface area contributed by atoms with Crippen molar-refractivity contribution in [3.05, 3.63) is 42.0 Å². The first-order valence-corrected chi connectivity index (χ1v) is 9.22. The minimum absolute atomic E-state index is 0.0115. The summed E-state index contributed by atoms with van der Waals surface area (Å²) in [5, 5.41) is 2.93. The number of amides is 2. The molecular formula is C20H29N3O3. The van der Waals surface area contributed by atoms with Crippen LogP contribution in [0, 0.1) is 0 Å². The summed E-state index contributed by atoms with van der Waals surface area (Å²) < 4.78 is 4.59. The molecule has 26 heavy (non-hydrogen) atoms. The average molecular weight is 359 g/mol. The van der Waals surface area contributed by atoms with Crippen LogP contribution in [0.3, 0.4) is 0 Å². The highest BCUT2D eigenvalue weighted by Gasteiger charge is 2.19. The van der Waals surface area contributed by atoms with Gasteiger partial charge >= 0.3 is 12.0 Å². The maximum atomic E-state index is 12.1. The van der Waals surface area contributed by atoms with Crippen molar-refractivity contribution in [1.29, 1.82) is 0 Å². The normalized spacial score (nSPS) is 15.2. The van der Waals surface area contributed by atoms with Crippen molar-refractivity contribution < 1.29 is 14.3 Å². The van der Waals surface area contributed by atoms with E-state index in [1.807, 2.05) is 23.1 Å². The topological polar surface area (TPSA) is 61.9 Å². The predicted octanol–water partition coefficient (Wildman–Crippen LogP) is 2.37. The fourth-order valence-electron chi connectivity index (χ4n) is 2.84. The van der Waals surface area contributed by atoms with E-state index in [1.165, 1.54) is 12.7 Å². The predicted molar refractivity (Wildman–Crippen MR) is 103 cm³/mol. The minimum Gasteiger partial charge on any atom is -0.469 e. The van der Waals surface area contributed by atoms with Gasteiger partial charge in [0.2, 0.25) is 0 Å². The summed E-state index contributed by atoms with van der Waals surface area (Å²) in [6.45, 7) is 4.75. The van der Waals surface area contributed by atoms with E-state index in [4.69, 9.17) is 0 Å². The summed E-state index contributed by atoms with van der Waals surface area (Å²) >= 11 is 0. The average Bonchev–Trinajstić information content (AvgIpc) is 2.68. The number of methoxy groups -OCH3 is 1. The van der Waals surface area contributed by atoms with E-state index in [-0.39, 0.29) is 12.0 Å². The van der Waals surface area contributed by atoms with Crippen molar-refractivity contribution in [1.82, 2.24) is 15.1 Å². The summed E-state index contributed by atoms with van der Waals surface area (Å²) in [6.07, 6.45) is 6.22. The minimum atomic E-state index is -0.200. The lowest BCUT2D eigenvalue weighted by Gasteiger charge is -2.34. The molecule has 0 atom stereocenters. The van der Waals surface area contributed by atoms with Gasteiger partial charge < -0.3 is 15.0 Å². The van der Waals surface area contributed by atoms with Gasteiger partial charge in [-0.25, -0.2) is 4.79 Å². The molecule has 1 aromatic rings. The third-order valence-corrected chi connectivity index (χ3v) is 4.44. The monoisotopic (exact) mass is 359 g/mol. The third kappa shape index (κ3) is 7.27. The van der Waals surface area contributed by atoms with Gasteiger partial charge in [-0.05, 0) is 18.4 Å². The molecule has 0 unspecified atom stereocenters. The highest BCUT2D eigenvalue weighted by Crippen LogP contribution is 2.05. The van der Waals surface area contributed by atoms with Gasteiger partial charge in [-0.1, -0.05) is 42.5 Å². The number of ether oxygens (including phenoxy) is 1. The summed E-state index contributed by atoms with van der Waals surface area (Å²) in [4.78, 5) is 27.4. The van der Waals surface area contributed by atoms with E-state index in [9.17, 15) is 9.59 Å². The first kappa shape index (κ1) is 20.0. The molecule has 0 spiro atoms. The Balaban J connectivity index is 1.58. The number of carbonyl (C=O) groups excluding carboxylic acids is 2.